The van der Waals surface area contributed by atoms with E-state index in [-0.39, 0.29) is 16.6 Å². The minimum atomic E-state index is -1.17. The van der Waals surface area contributed by atoms with Gasteiger partial charge in [0.25, 0.3) is 0 Å². The van der Waals surface area contributed by atoms with E-state index in [4.69, 9.17) is 5.11 Å². The number of benzene rings is 1. The van der Waals surface area contributed by atoms with Gasteiger partial charge in [-0.3, -0.25) is 19.0 Å². The molecular formula is C13H13N3O5. The van der Waals surface area contributed by atoms with Crippen LogP contribution in [-0.2, 0) is 4.79 Å². The number of amides is 1. The number of rotatable bonds is 3. The highest BCUT2D eigenvalue weighted by molar-refractivity contribution is 5.92. The van der Waals surface area contributed by atoms with E-state index in [1.807, 2.05) is 0 Å². The summed E-state index contributed by atoms with van der Waals surface area (Å²) in [5.41, 5.74) is -1.38. The Kier molecular flexibility index (Phi) is 3.62. The van der Waals surface area contributed by atoms with Crippen LogP contribution in [0.15, 0.2) is 27.8 Å². The van der Waals surface area contributed by atoms with Crippen molar-refractivity contribution < 1.29 is 14.7 Å². The highest BCUT2D eigenvalue weighted by Gasteiger charge is 2.19. The predicted molar refractivity (Wildman–Crippen MR) is 74.6 cm³/mol. The lowest BCUT2D eigenvalue weighted by Gasteiger charge is -2.16. The molecule has 1 atom stereocenters. The van der Waals surface area contributed by atoms with Gasteiger partial charge in [-0.25, -0.2) is 4.79 Å². The van der Waals surface area contributed by atoms with E-state index in [0.717, 1.165) is 4.57 Å². The molecule has 0 aliphatic carbocycles. The lowest BCUT2D eigenvalue weighted by atomic mass is 10.1. The number of aromatic nitrogens is 2. The van der Waals surface area contributed by atoms with Gasteiger partial charge in [0.05, 0.1) is 16.6 Å². The molecule has 0 bridgehead atoms. The van der Waals surface area contributed by atoms with Crippen LogP contribution in [0.25, 0.3) is 11.0 Å². The number of hydrogen-bond acceptors (Lipinski definition) is 4. The van der Waals surface area contributed by atoms with Gasteiger partial charge in [-0.15, -0.1) is 0 Å². The van der Waals surface area contributed by atoms with Crippen LogP contribution in [-0.4, -0.2) is 33.6 Å². The van der Waals surface area contributed by atoms with Gasteiger partial charge < -0.3 is 15.4 Å². The van der Waals surface area contributed by atoms with Crippen molar-refractivity contribution in [2.24, 2.45) is 0 Å². The van der Waals surface area contributed by atoms with Crippen LogP contribution in [0.4, 0.5) is 0 Å². The summed E-state index contributed by atoms with van der Waals surface area (Å²) in [5.74, 6) is -1.64. The third kappa shape index (κ3) is 2.42. The molecule has 0 spiro atoms. The molecule has 110 valence electrons. The molecule has 0 saturated heterocycles. The Labute approximate surface area is 118 Å². The highest BCUT2D eigenvalue weighted by Crippen LogP contribution is 2.15. The number of carboxylic acids is 1. The maximum absolute atomic E-state index is 12.0. The number of carbonyl (C=O) groups is 2. The number of nitrogens with zero attached hydrogens (tertiary/aromatic N) is 1. The zero-order valence-corrected chi connectivity index (χ0v) is 11.3. The molecule has 0 aliphatic heterocycles. The number of aromatic carboxylic acids is 1. The minimum Gasteiger partial charge on any atom is -0.478 e. The Hall–Kier alpha value is -2.90. The van der Waals surface area contributed by atoms with Crippen LogP contribution in [0.1, 0.15) is 23.3 Å². The van der Waals surface area contributed by atoms with Crippen molar-refractivity contribution in [1.82, 2.24) is 14.9 Å². The van der Waals surface area contributed by atoms with Gasteiger partial charge in [-0.2, -0.15) is 0 Å². The zero-order valence-electron chi connectivity index (χ0n) is 11.3. The van der Waals surface area contributed by atoms with E-state index < -0.39 is 29.0 Å². The quantitative estimate of drug-likeness (QED) is 0.670. The Morgan fingerprint density at radius 1 is 1.33 bits per heavy atom. The third-order valence-electron chi connectivity index (χ3n) is 3.18. The highest BCUT2D eigenvalue weighted by atomic mass is 16.4. The fourth-order valence-electron chi connectivity index (χ4n) is 2.07. The SMILES string of the molecule is CNC(=O)C(C)n1c(=O)c(=O)[nH]c2ccc(C(=O)O)cc21. The van der Waals surface area contributed by atoms with Gasteiger partial charge in [0.15, 0.2) is 0 Å². The van der Waals surface area contributed by atoms with E-state index >= 15 is 0 Å². The molecule has 0 saturated carbocycles. The van der Waals surface area contributed by atoms with Gasteiger partial charge in [0.2, 0.25) is 5.91 Å². The van der Waals surface area contributed by atoms with Crippen LogP contribution in [0.2, 0.25) is 0 Å². The van der Waals surface area contributed by atoms with Gasteiger partial charge >= 0.3 is 17.1 Å². The van der Waals surface area contributed by atoms with Crippen molar-refractivity contribution in [3.63, 3.8) is 0 Å². The summed E-state index contributed by atoms with van der Waals surface area (Å²) in [6.45, 7) is 1.45. The number of carboxylic acid groups (broad SMARTS) is 1. The number of H-pyrrole nitrogens is 1. The lowest BCUT2D eigenvalue weighted by Crippen LogP contribution is -2.41. The van der Waals surface area contributed by atoms with Crippen molar-refractivity contribution >= 4 is 22.9 Å². The van der Waals surface area contributed by atoms with E-state index in [2.05, 4.69) is 10.3 Å². The second-order valence-corrected chi connectivity index (χ2v) is 4.46. The van der Waals surface area contributed by atoms with Crippen LogP contribution in [0.5, 0.6) is 0 Å². The molecule has 1 unspecified atom stereocenters. The number of likely N-dealkylation sites (N-methyl/N-ethyl adjacent to an activating group) is 1. The Morgan fingerprint density at radius 2 is 2.00 bits per heavy atom. The Morgan fingerprint density at radius 3 is 2.57 bits per heavy atom. The molecule has 1 aromatic carbocycles. The molecule has 2 rings (SSSR count). The summed E-state index contributed by atoms with van der Waals surface area (Å²) in [6, 6.07) is 2.98. The molecule has 2 aromatic rings. The van der Waals surface area contributed by atoms with E-state index in [9.17, 15) is 19.2 Å². The van der Waals surface area contributed by atoms with Crippen LogP contribution in [0, 0.1) is 0 Å². The van der Waals surface area contributed by atoms with Gasteiger partial charge in [-0.1, -0.05) is 0 Å². The predicted octanol–water partition coefficient (Wildman–Crippen LogP) is -0.305. The lowest BCUT2D eigenvalue weighted by molar-refractivity contribution is -0.123. The molecule has 1 amide bonds. The summed E-state index contributed by atoms with van der Waals surface area (Å²) >= 11 is 0. The van der Waals surface area contributed by atoms with Crippen LogP contribution < -0.4 is 16.4 Å². The Bertz CT molecular complexity index is 849. The van der Waals surface area contributed by atoms with Crippen molar-refractivity contribution in [3.05, 3.63) is 44.5 Å². The summed E-state index contributed by atoms with van der Waals surface area (Å²) in [6.07, 6.45) is 0. The van der Waals surface area contributed by atoms with Crippen LogP contribution in [0.3, 0.4) is 0 Å². The molecular weight excluding hydrogens is 278 g/mol. The molecule has 1 heterocycles. The zero-order chi connectivity index (χ0) is 15.7. The maximum Gasteiger partial charge on any atom is 0.335 e. The van der Waals surface area contributed by atoms with E-state index in [0.29, 0.717) is 0 Å². The molecule has 0 aliphatic rings. The minimum absolute atomic E-state index is 0.0493. The van der Waals surface area contributed by atoms with E-state index in [1.165, 1.54) is 32.2 Å². The van der Waals surface area contributed by atoms with Gasteiger partial charge in [-0.05, 0) is 25.1 Å². The van der Waals surface area contributed by atoms with E-state index in [1.54, 1.807) is 0 Å². The van der Waals surface area contributed by atoms with Gasteiger partial charge in [0, 0.05) is 7.05 Å². The largest absolute Gasteiger partial charge is 0.478 e. The topological polar surface area (TPSA) is 121 Å². The first-order valence-corrected chi connectivity index (χ1v) is 6.10. The van der Waals surface area contributed by atoms with Crippen molar-refractivity contribution in [2.45, 2.75) is 13.0 Å². The fourth-order valence-corrected chi connectivity index (χ4v) is 2.07. The first kappa shape index (κ1) is 14.5. The van der Waals surface area contributed by atoms with Crippen molar-refractivity contribution in [1.29, 1.82) is 0 Å². The number of fused-ring (bicyclic) bond motifs is 1. The molecule has 21 heavy (non-hydrogen) atoms. The second kappa shape index (κ2) is 5.23. The monoisotopic (exact) mass is 291 g/mol. The second-order valence-electron chi connectivity index (χ2n) is 4.46. The van der Waals surface area contributed by atoms with Crippen LogP contribution >= 0.6 is 0 Å². The summed E-state index contributed by atoms with van der Waals surface area (Å²) < 4.78 is 0.986. The summed E-state index contributed by atoms with van der Waals surface area (Å²) in [7, 11) is 1.40. The normalized spacial score (nSPS) is 12.1. The fraction of sp³-hybridized carbons (Fsp3) is 0.231. The van der Waals surface area contributed by atoms with Crippen molar-refractivity contribution in [2.75, 3.05) is 7.05 Å². The number of aromatic amines is 1. The van der Waals surface area contributed by atoms with Gasteiger partial charge in [0.1, 0.15) is 6.04 Å². The summed E-state index contributed by atoms with van der Waals surface area (Å²) in [4.78, 5) is 48.8. The Balaban J connectivity index is 2.88. The first-order valence-electron chi connectivity index (χ1n) is 6.10. The molecule has 8 heteroatoms. The summed E-state index contributed by atoms with van der Waals surface area (Å²) in [5, 5.41) is 11.4. The standard InChI is InChI=1S/C13H13N3O5/c1-6(10(17)14-2)16-9-5-7(13(20)21)3-4-8(9)15-11(18)12(16)19/h3-6H,1-2H3,(H,14,17)(H,15,18)(H,20,21). The average molecular weight is 291 g/mol. The first-order chi connectivity index (χ1) is 9.86. The number of nitrogens with one attached hydrogen (secondary N) is 2. The molecule has 1 aromatic heterocycles. The molecule has 0 fully saturated rings. The average Bonchev–Trinajstić information content (AvgIpc) is 2.46. The third-order valence-corrected chi connectivity index (χ3v) is 3.18. The number of carbonyl (C=O) groups excluding carboxylic acids is 1. The maximum atomic E-state index is 12.0. The molecule has 8 nitrogen and oxygen atoms in total. The molecule has 3 N–H and O–H groups in total. The smallest absolute Gasteiger partial charge is 0.335 e. The number of hydrogen-bond donors (Lipinski definition) is 3. The van der Waals surface area contributed by atoms with Crippen molar-refractivity contribution in [3.8, 4) is 0 Å². The molecule has 0 radical (unpaired) electrons.